The fraction of sp³-hybridized carbons (Fsp3) is 0.200. The number of hydrogen-bond donors (Lipinski definition) is 1. The highest BCUT2D eigenvalue weighted by Crippen LogP contribution is 1.99. The van der Waals surface area contributed by atoms with Gasteiger partial charge in [0.05, 0.1) is 18.4 Å². The molecule has 16 heavy (non-hydrogen) atoms. The average Bonchev–Trinajstić information content (AvgIpc) is 2.85. The fourth-order valence-electron chi connectivity index (χ4n) is 1.13. The van der Waals surface area contributed by atoms with E-state index in [4.69, 9.17) is 5.11 Å². The summed E-state index contributed by atoms with van der Waals surface area (Å²) >= 11 is 0. The van der Waals surface area contributed by atoms with Gasteiger partial charge in [0.2, 0.25) is 0 Å². The Morgan fingerprint density at radius 2 is 2.25 bits per heavy atom. The summed E-state index contributed by atoms with van der Waals surface area (Å²) in [6.45, 7) is 0.529. The highest BCUT2D eigenvalue weighted by molar-refractivity contribution is 5.71. The lowest BCUT2D eigenvalue weighted by Gasteiger charge is -1.99. The van der Waals surface area contributed by atoms with Crippen LogP contribution in [0.2, 0.25) is 0 Å². The number of aromatic nitrogens is 4. The largest absolute Gasteiger partial charge is 0.400 e. The van der Waals surface area contributed by atoms with Crippen molar-refractivity contribution in [3.05, 3.63) is 42.0 Å². The first-order chi connectivity index (χ1) is 7.88. The molecule has 0 saturated heterocycles. The van der Waals surface area contributed by atoms with Crippen molar-refractivity contribution in [3.8, 4) is 0 Å². The Kier molecular flexibility index (Phi) is 4.81. The molecule has 84 valence electrons. The summed E-state index contributed by atoms with van der Waals surface area (Å²) in [5, 5.41) is 14.5. The Balaban J connectivity index is 0.000000606. The molecular formula is C10H12N4O2. The van der Waals surface area contributed by atoms with Gasteiger partial charge in [-0.2, -0.15) is 0 Å². The number of aliphatic hydroxyl groups excluding tert-OH is 1. The number of carbonyl (C=O) groups is 1. The summed E-state index contributed by atoms with van der Waals surface area (Å²) in [7, 11) is 1.00. The minimum atomic E-state index is 0.433. The number of hydrogen-bond acceptors (Lipinski definition) is 5. The van der Waals surface area contributed by atoms with Crippen molar-refractivity contribution in [3.63, 3.8) is 0 Å². The Morgan fingerprint density at radius 1 is 1.44 bits per heavy atom. The first kappa shape index (κ1) is 12.0. The van der Waals surface area contributed by atoms with E-state index in [-0.39, 0.29) is 0 Å². The molecule has 0 saturated carbocycles. The molecule has 2 aromatic heterocycles. The zero-order valence-corrected chi connectivity index (χ0v) is 8.82. The van der Waals surface area contributed by atoms with Crippen LogP contribution >= 0.6 is 0 Å². The monoisotopic (exact) mass is 220 g/mol. The zero-order valence-electron chi connectivity index (χ0n) is 8.82. The smallest absolute Gasteiger partial charge is 0.168 e. The molecule has 6 nitrogen and oxygen atoms in total. The van der Waals surface area contributed by atoms with Gasteiger partial charge in [0.25, 0.3) is 0 Å². The number of rotatable bonds is 3. The third kappa shape index (κ3) is 3.25. The molecule has 0 unspecified atom stereocenters. The van der Waals surface area contributed by atoms with E-state index >= 15 is 0 Å². The number of aliphatic hydroxyl groups is 1. The molecule has 2 heterocycles. The SMILES string of the molecule is CO.O=Cc1cccc(Cn2ccnn2)n1. The summed E-state index contributed by atoms with van der Waals surface area (Å²) < 4.78 is 1.65. The molecule has 0 amide bonds. The number of nitrogens with zero attached hydrogens (tertiary/aromatic N) is 4. The molecule has 2 rings (SSSR count). The Labute approximate surface area is 92.6 Å². The van der Waals surface area contributed by atoms with Crippen molar-refractivity contribution in [1.82, 2.24) is 20.0 Å². The second kappa shape index (κ2) is 6.41. The van der Waals surface area contributed by atoms with Crippen molar-refractivity contribution in [2.75, 3.05) is 7.11 Å². The second-order valence-corrected chi connectivity index (χ2v) is 2.77. The molecule has 6 heteroatoms. The second-order valence-electron chi connectivity index (χ2n) is 2.77. The third-order valence-electron chi connectivity index (χ3n) is 1.74. The van der Waals surface area contributed by atoms with E-state index in [0.717, 1.165) is 19.1 Å². The summed E-state index contributed by atoms with van der Waals surface area (Å²) in [6.07, 6.45) is 4.07. The Bertz CT molecular complexity index is 428. The number of pyridine rings is 1. The van der Waals surface area contributed by atoms with Gasteiger partial charge in [-0.05, 0) is 12.1 Å². The lowest BCUT2D eigenvalue weighted by Crippen LogP contribution is -2.03. The van der Waals surface area contributed by atoms with E-state index < -0.39 is 0 Å². The highest BCUT2D eigenvalue weighted by atomic mass is 16.2. The zero-order chi connectivity index (χ0) is 11.8. The summed E-state index contributed by atoms with van der Waals surface area (Å²) in [5.41, 5.74) is 1.22. The lowest BCUT2D eigenvalue weighted by molar-refractivity contribution is 0.111. The van der Waals surface area contributed by atoms with Crippen molar-refractivity contribution in [2.24, 2.45) is 0 Å². The van der Waals surface area contributed by atoms with Gasteiger partial charge in [0.15, 0.2) is 6.29 Å². The summed E-state index contributed by atoms with van der Waals surface area (Å²) in [5.74, 6) is 0. The Hall–Kier alpha value is -2.08. The van der Waals surface area contributed by atoms with Gasteiger partial charge in [-0.15, -0.1) is 5.10 Å². The minimum absolute atomic E-state index is 0.433. The molecule has 1 N–H and O–H groups in total. The third-order valence-corrected chi connectivity index (χ3v) is 1.74. The van der Waals surface area contributed by atoms with Crippen LogP contribution in [0.5, 0.6) is 0 Å². The Morgan fingerprint density at radius 3 is 2.88 bits per heavy atom. The first-order valence-corrected chi connectivity index (χ1v) is 4.58. The molecule has 0 aliphatic rings. The van der Waals surface area contributed by atoms with Gasteiger partial charge in [0, 0.05) is 13.3 Å². The van der Waals surface area contributed by atoms with Crippen LogP contribution in [0.15, 0.2) is 30.6 Å². The molecule has 0 aliphatic heterocycles. The van der Waals surface area contributed by atoms with E-state index in [2.05, 4.69) is 15.3 Å². The van der Waals surface area contributed by atoms with Gasteiger partial charge in [-0.3, -0.25) is 4.79 Å². The lowest BCUT2D eigenvalue weighted by atomic mass is 10.3. The highest BCUT2D eigenvalue weighted by Gasteiger charge is 1.98. The van der Waals surface area contributed by atoms with Crippen LogP contribution in [0.3, 0.4) is 0 Å². The van der Waals surface area contributed by atoms with Crippen molar-refractivity contribution < 1.29 is 9.90 Å². The molecule has 2 aromatic rings. The molecule has 0 fully saturated rings. The molecule has 0 spiro atoms. The van der Waals surface area contributed by atoms with E-state index in [1.54, 1.807) is 29.2 Å². The topological polar surface area (TPSA) is 80.9 Å². The van der Waals surface area contributed by atoms with E-state index in [1.807, 2.05) is 6.07 Å². The maximum absolute atomic E-state index is 10.5. The van der Waals surface area contributed by atoms with Gasteiger partial charge in [-0.1, -0.05) is 11.3 Å². The standard InChI is InChI=1S/C9H8N4O.CH4O/c14-7-9-3-1-2-8(11-9)6-13-5-4-10-12-13;1-2/h1-5,7H,6H2;2H,1H3. The molecule has 0 radical (unpaired) electrons. The molecule has 0 atom stereocenters. The van der Waals surface area contributed by atoms with Crippen LogP contribution in [-0.4, -0.2) is 38.5 Å². The molecular weight excluding hydrogens is 208 g/mol. The van der Waals surface area contributed by atoms with Crippen LogP contribution in [-0.2, 0) is 6.54 Å². The molecule has 0 bridgehead atoms. The van der Waals surface area contributed by atoms with Crippen molar-refractivity contribution in [1.29, 1.82) is 0 Å². The molecule has 0 aromatic carbocycles. The average molecular weight is 220 g/mol. The van der Waals surface area contributed by atoms with E-state index in [0.29, 0.717) is 12.2 Å². The van der Waals surface area contributed by atoms with E-state index in [1.165, 1.54) is 0 Å². The van der Waals surface area contributed by atoms with Gasteiger partial charge < -0.3 is 5.11 Å². The van der Waals surface area contributed by atoms with Crippen LogP contribution < -0.4 is 0 Å². The predicted molar refractivity (Wildman–Crippen MR) is 56.9 cm³/mol. The first-order valence-electron chi connectivity index (χ1n) is 4.58. The summed E-state index contributed by atoms with van der Waals surface area (Å²) in [4.78, 5) is 14.6. The van der Waals surface area contributed by atoms with Crippen molar-refractivity contribution in [2.45, 2.75) is 6.54 Å². The molecule has 0 aliphatic carbocycles. The van der Waals surface area contributed by atoms with Crippen LogP contribution in [0.4, 0.5) is 0 Å². The fourth-order valence-corrected chi connectivity index (χ4v) is 1.13. The maximum atomic E-state index is 10.5. The van der Waals surface area contributed by atoms with Crippen LogP contribution in [0, 0.1) is 0 Å². The quantitative estimate of drug-likeness (QED) is 0.744. The van der Waals surface area contributed by atoms with Gasteiger partial charge in [-0.25, -0.2) is 9.67 Å². The van der Waals surface area contributed by atoms with Crippen molar-refractivity contribution >= 4 is 6.29 Å². The minimum Gasteiger partial charge on any atom is -0.400 e. The number of aldehydes is 1. The number of carbonyl (C=O) groups excluding carboxylic acids is 1. The van der Waals surface area contributed by atoms with Gasteiger partial charge >= 0.3 is 0 Å². The predicted octanol–water partition coefficient (Wildman–Crippen LogP) is 0.142. The van der Waals surface area contributed by atoms with Gasteiger partial charge in [0.1, 0.15) is 5.69 Å². The normalized spacial score (nSPS) is 9.12. The van der Waals surface area contributed by atoms with Crippen LogP contribution in [0.25, 0.3) is 0 Å². The van der Waals surface area contributed by atoms with E-state index in [9.17, 15) is 4.79 Å². The maximum Gasteiger partial charge on any atom is 0.168 e. The summed E-state index contributed by atoms with van der Waals surface area (Å²) in [6, 6.07) is 5.30. The van der Waals surface area contributed by atoms with Crippen LogP contribution in [0.1, 0.15) is 16.2 Å².